The fourth-order valence-corrected chi connectivity index (χ4v) is 12.7. The highest BCUT2D eigenvalue weighted by Crippen LogP contribution is 2.43. The van der Waals surface area contributed by atoms with E-state index in [1.807, 2.05) is 13.8 Å². The number of ketones is 1. The first-order valence-corrected chi connectivity index (χ1v) is 21.2. The van der Waals surface area contributed by atoms with Gasteiger partial charge in [-0.15, -0.1) is 0 Å². The van der Waals surface area contributed by atoms with E-state index in [4.69, 9.17) is 13.6 Å². The van der Waals surface area contributed by atoms with Gasteiger partial charge in [-0.1, -0.05) is 75.3 Å². The van der Waals surface area contributed by atoms with E-state index in [2.05, 4.69) is 87.6 Å². The Morgan fingerprint density at radius 1 is 0.952 bits per heavy atom. The van der Waals surface area contributed by atoms with Gasteiger partial charge < -0.3 is 18.9 Å². The summed E-state index contributed by atoms with van der Waals surface area (Å²) in [4.78, 5) is 39.1. The number of hydrogen-bond acceptors (Lipinski definition) is 6. The van der Waals surface area contributed by atoms with Gasteiger partial charge in [0.1, 0.15) is 0 Å². The first-order valence-electron chi connectivity index (χ1n) is 16.2. The van der Waals surface area contributed by atoms with Crippen molar-refractivity contribution >= 4 is 34.3 Å². The second kappa shape index (κ2) is 16.1. The quantitative estimate of drug-likeness (QED) is 0.147. The minimum atomic E-state index is -2.43. The van der Waals surface area contributed by atoms with Gasteiger partial charge in [0.2, 0.25) is 5.91 Å². The van der Waals surface area contributed by atoms with Crippen molar-refractivity contribution in [1.82, 2.24) is 5.32 Å². The zero-order valence-corrected chi connectivity index (χ0v) is 31.3. The molecular weight excluding hydrogens is 563 g/mol. The molecule has 0 saturated carbocycles. The number of carbonyl (C=O) groups excluding carboxylic acids is 3. The van der Waals surface area contributed by atoms with Crippen LogP contribution in [0.3, 0.4) is 0 Å². The Morgan fingerprint density at radius 2 is 1.50 bits per heavy atom. The van der Waals surface area contributed by atoms with E-state index in [1.54, 1.807) is 12.2 Å². The third-order valence-electron chi connectivity index (χ3n) is 9.78. The maximum absolute atomic E-state index is 13.8. The molecule has 0 aromatic carbocycles. The van der Waals surface area contributed by atoms with Gasteiger partial charge >= 0.3 is 0 Å². The van der Waals surface area contributed by atoms with Crippen molar-refractivity contribution in [3.63, 3.8) is 0 Å². The first-order chi connectivity index (χ1) is 19.2. The second-order valence-electron chi connectivity index (χ2n) is 15.0. The highest BCUT2D eigenvalue weighted by atomic mass is 28.4. The number of ether oxygens (including phenoxy) is 1. The van der Waals surface area contributed by atoms with E-state index in [1.165, 1.54) is 0 Å². The van der Waals surface area contributed by atoms with E-state index in [0.717, 1.165) is 12.8 Å². The maximum Gasteiger partial charge on any atom is 0.298 e. The van der Waals surface area contributed by atoms with Crippen molar-refractivity contribution in [2.24, 2.45) is 11.8 Å². The predicted octanol–water partition coefficient (Wildman–Crippen LogP) is 7.96. The molecule has 7 nitrogen and oxygen atoms in total. The van der Waals surface area contributed by atoms with Crippen LogP contribution in [-0.4, -0.2) is 59.2 Å². The number of amides is 1. The van der Waals surface area contributed by atoms with E-state index < -0.39 is 28.7 Å². The summed E-state index contributed by atoms with van der Waals surface area (Å²) in [6.07, 6.45) is 4.69. The summed E-state index contributed by atoms with van der Waals surface area (Å²) in [5.74, 6) is -0.626. The summed E-state index contributed by atoms with van der Waals surface area (Å²) in [5.41, 5.74) is 0.841. The van der Waals surface area contributed by atoms with Crippen LogP contribution in [-0.2, 0) is 28.0 Å². The zero-order valence-electron chi connectivity index (χ0n) is 29.3. The third kappa shape index (κ3) is 10.4. The van der Waals surface area contributed by atoms with Crippen LogP contribution < -0.4 is 5.32 Å². The largest absolute Gasteiger partial charge is 0.518 e. The second-order valence-corrected chi connectivity index (χ2v) is 25.1. The Kier molecular flexibility index (Phi) is 14.9. The van der Waals surface area contributed by atoms with Crippen molar-refractivity contribution in [1.29, 1.82) is 0 Å². The summed E-state index contributed by atoms with van der Waals surface area (Å²) in [5, 5.41) is 3.01. The average molecular weight is 626 g/mol. The van der Waals surface area contributed by atoms with Crippen molar-refractivity contribution in [3.8, 4) is 0 Å². The lowest BCUT2D eigenvalue weighted by Crippen LogP contribution is -2.54. The highest BCUT2D eigenvalue weighted by molar-refractivity contribution is 6.79. The standard InChI is InChI=1S/C33H63NO6Si2/c1-15-16-27(35)19-28-18-17-25(8)29(38-28)20-31(36)34-21-30(39-41(13,14)33(10,11)12)26(9)32(37)40-42(22(2)3,23(4)5)24(6)7/h15-16,22-26,28-30H,17-21H2,1-14H3,(H,34,36)/b16-15+/t25-,26+,28-,29-,30+/m1/s1. The van der Waals surface area contributed by atoms with Crippen LogP contribution in [0.1, 0.15) is 109 Å². The van der Waals surface area contributed by atoms with E-state index >= 15 is 0 Å². The van der Waals surface area contributed by atoms with Gasteiger partial charge in [-0.25, -0.2) is 0 Å². The molecule has 1 N–H and O–H groups in total. The molecule has 244 valence electrons. The van der Waals surface area contributed by atoms with E-state index in [9.17, 15) is 14.4 Å². The molecule has 1 aliphatic rings. The van der Waals surface area contributed by atoms with Gasteiger partial charge in [-0.05, 0) is 73.4 Å². The molecule has 9 heteroatoms. The van der Waals surface area contributed by atoms with Crippen LogP contribution in [0.25, 0.3) is 0 Å². The zero-order chi connectivity index (χ0) is 32.6. The highest BCUT2D eigenvalue weighted by Gasteiger charge is 2.50. The molecule has 1 fully saturated rings. The smallest absolute Gasteiger partial charge is 0.298 e. The van der Waals surface area contributed by atoms with Gasteiger partial charge in [0.25, 0.3) is 14.3 Å². The molecule has 42 heavy (non-hydrogen) atoms. The van der Waals surface area contributed by atoms with Crippen LogP contribution >= 0.6 is 0 Å². The normalized spacial score (nSPS) is 22.1. The van der Waals surface area contributed by atoms with Crippen molar-refractivity contribution in [2.45, 2.75) is 162 Å². The number of allylic oxidation sites excluding steroid dienone is 2. The molecule has 1 heterocycles. The fourth-order valence-electron chi connectivity index (χ4n) is 6.08. The minimum Gasteiger partial charge on any atom is -0.518 e. The monoisotopic (exact) mass is 625 g/mol. The number of nitrogens with one attached hydrogen (secondary N) is 1. The van der Waals surface area contributed by atoms with Gasteiger partial charge in [0.15, 0.2) is 14.1 Å². The lowest BCUT2D eigenvalue weighted by molar-refractivity contribution is -0.144. The molecule has 0 unspecified atom stereocenters. The van der Waals surface area contributed by atoms with E-state index in [-0.39, 0.29) is 70.4 Å². The van der Waals surface area contributed by atoms with Crippen LogP contribution in [0, 0.1) is 11.8 Å². The maximum atomic E-state index is 13.8. The molecule has 0 radical (unpaired) electrons. The Morgan fingerprint density at radius 3 is 1.98 bits per heavy atom. The van der Waals surface area contributed by atoms with Crippen molar-refractivity contribution < 1.29 is 28.0 Å². The molecule has 0 aromatic rings. The van der Waals surface area contributed by atoms with Crippen molar-refractivity contribution in [2.75, 3.05) is 6.54 Å². The summed E-state index contributed by atoms with van der Waals surface area (Å²) >= 11 is 0. The lowest BCUT2D eigenvalue weighted by Gasteiger charge is -2.44. The number of hydrogen-bond donors (Lipinski definition) is 1. The third-order valence-corrected chi connectivity index (χ3v) is 20.3. The summed E-state index contributed by atoms with van der Waals surface area (Å²) in [6.45, 7) is 29.9. The van der Waals surface area contributed by atoms with E-state index in [0.29, 0.717) is 6.42 Å². The van der Waals surface area contributed by atoms with Gasteiger partial charge in [-0.3, -0.25) is 14.4 Å². The fraction of sp³-hybridized carbons (Fsp3) is 0.848. The van der Waals surface area contributed by atoms with Gasteiger partial charge in [-0.2, -0.15) is 0 Å². The van der Waals surface area contributed by atoms with Crippen LogP contribution in [0.2, 0.25) is 34.8 Å². The summed E-state index contributed by atoms with van der Waals surface area (Å²) in [7, 11) is -4.69. The Bertz CT molecular complexity index is 902. The van der Waals surface area contributed by atoms with Crippen molar-refractivity contribution in [3.05, 3.63) is 12.2 Å². The molecule has 1 rings (SSSR count). The minimum absolute atomic E-state index is 0.0474. The average Bonchev–Trinajstić information content (AvgIpc) is 2.85. The molecule has 0 aromatic heterocycles. The SMILES string of the molecule is C/C=C/C(=O)C[C@H]1CC[C@@H](C)[C@@H](CC(=O)NC[C@H](O[Si](C)(C)C(C)(C)C)[C@H](C)C(=O)O[Si](C(C)C)(C(C)C)C(C)C)O1. The Balaban J connectivity index is 3.09. The lowest BCUT2D eigenvalue weighted by atomic mass is 9.90. The van der Waals surface area contributed by atoms with Crippen LogP contribution in [0.5, 0.6) is 0 Å². The molecular formula is C33H63NO6Si2. The molecule has 1 saturated heterocycles. The topological polar surface area (TPSA) is 90.9 Å². The molecule has 0 bridgehead atoms. The summed E-state index contributed by atoms with van der Waals surface area (Å²) in [6, 6.07) is 0. The van der Waals surface area contributed by atoms with Gasteiger partial charge in [0.05, 0.1) is 30.7 Å². The predicted molar refractivity (Wildman–Crippen MR) is 177 cm³/mol. The Labute approximate surface area is 259 Å². The molecule has 5 atom stereocenters. The molecule has 0 aliphatic carbocycles. The van der Waals surface area contributed by atoms with Crippen LogP contribution in [0.15, 0.2) is 12.2 Å². The number of rotatable bonds is 15. The number of carbonyl (C=O) groups is 3. The van der Waals surface area contributed by atoms with Gasteiger partial charge in [0, 0.05) is 13.0 Å². The molecule has 1 amide bonds. The Hall–Kier alpha value is -1.30. The molecule has 0 spiro atoms. The molecule has 1 aliphatic heterocycles. The van der Waals surface area contributed by atoms with Crippen LogP contribution in [0.4, 0.5) is 0 Å². The first kappa shape index (κ1) is 38.7. The summed E-state index contributed by atoms with van der Waals surface area (Å²) < 4.78 is 19.5.